The number of hydrogen-bond donors (Lipinski definition) is 1. The molecule has 1 N–H and O–H groups in total. The van der Waals surface area contributed by atoms with E-state index in [9.17, 15) is 4.79 Å². The first-order valence-corrected chi connectivity index (χ1v) is 6.20. The van der Waals surface area contributed by atoms with Gasteiger partial charge in [-0.15, -0.1) is 0 Å². The standard InChI is InChI=1S/C12H22N2O/c1-14(9-10-4-2-3-5-10)12(15)6-11-7-13-8-11/h10-11,13H,2-9H2,1H3. The minimum absolute atomic E-state index is 0.341. The predicted molar refractivity (Wildman–Crippen MR) is 60.6 cm³/mol. The van der Waals surface area contributed by atoms with Crippen LogP contribution in [0.5, 0.6) is 0 Å². The molecule has 0 radical (unpaired) electrons. The van der Waals surface area contributed by atoms with Gasteiger partial charge in [0.05, 0.1) is 0 Å². The molecule has 0 aromatic rings. The van der Waals surface area contributed by atoms with Gasteiger partial charge in [-0.3, -0.25) is 4.79 Å². The Balaban J connectivity index is 1.68. The van der Waals surface area contributed by atoms with E-state index in [1.54, 1.807) is 0 Å². The van der Waals surface area contributed by atoms with Crippen molar-refractivity contribution in [2.75, 3.05) is 26.7 Å². The van der Waals surface area contributed by atoms with Crippen molar-refractivity contribution in [2.45, 2.75) is 32.1 Å². The fraction of sp³-hybridized carbons (Fsp3) is 0.917. The Morgan fingerprint density at radius 1 is 1.27 bits per heavy atom. The zero-order valence-electron chi connectivity index (χ0n) is 9.67. The summed E-state index contributed by atoms with van der Waals surface area (Å²) in [6.45, 7) is 3.05. The molecule has 1 aliphatic heterocycles. The van der Waals surface area contributed by atoms with Crippen LogP contribution in [0, 0.1) is 11.8 Å². The molecule has 0 atom stereocenters. The van der Waals surface area contributed by atoms with Gasteiger partial charge in [0.15, 0.2) is 0 Å². The van der Waals surface area contributed by atoms with Crippen molar-refractivity contribution in [1.29, 1.82) is 0 Å². The highest BCUT2D eigenvalue weighted by Crippen LogP contribution is 2.25. The van der Waals surface area contributed by atoms with Crippen LogP contribution in [0.2, 0.25) is 0 Å². The summed E-state index contributed by atoms with van der Waals surface area (Å²) in [6, 6.07) is 0. The van der Waals surface area contributed by atoms with E-state index >= 15 is 0 Å². The van der Waals surface area contributed by atoms with Crippen LogP contribution in [0.3, 0.4) is 0 Å². The van der Waals surface area contributed by atoms with Gasteiger partial charge < -0.3 is 10.2 Å². The van der Waals surface area contributed by atoms with E-state index in [4.69, 9.17) is 0 Å². The maximum absolute atomic E-state index is 11.8. The summed E-state index contributed by atoms with van der Waals surface area (Å²) in [5.41, 5.74) is 0. The van der Waals surface area contributed by atoms with Gasteiger partial charge >= 0.3 is 0 Å². The zero-order chi connectivity index (χ0) is 10.7. The maximum Gasteiger partial charge on any atom is 0.222 e. The third-order valence-electron chi connectivity index (χ3n) is 3.76. The van der Waals surface area contributed by atoms with Crippen LogP contribution in [0.15, 0.2) is 0 Å². The molecule has 3 heteroatoms. The predicted octanol–water partition coefficient (Wildman–Crippen LogP) is 1.24. The fourth-order valence-corrected chi connectivity index (χ4v) is 2.58. The molecule has 0 bridgehead atoms. The van der Waals surface area contributed by atoms with Gasteiger partial charge in [0.1, 0.15) is 0 Å². The highest BCUT2D eigenvalue weighted by molar-refractivity contribution is 5.76. The average molecular weight is 210 g/mol. The van der Waals surface area contributed by atoms with Gasteiger partial charge in [0.2, 0.25) is 5.91 Å². The molecule has 86 valence electrons. The molecule has 0 aromatic carbocycles. The third kappa shape index (κ3) is 2.94. The Morgan fingerprint density at radius 3 is 2.47 bits per heavy atom. The van der Waals surface area contributed by atoms with E-state index in [1.165, 1.54) is 25.7 Å². The van der Waals surface area contributed by atoms with Crippen molar-refractivity contribution < 1.29 is 4.79 Å². The molecule has 0 aromatic heterocycles. The monoisotopic (exact) mass is 210 g/mol. The average Bonchev–Trinajstić information content (AvgIpc) is 2.63. The Hall–Kier alpha value is -0.570. The fourth-order valence-electron chi connectivity index (χ4n) is 2.58. The Kier molecular flexibility index (Phi) is 3.62. The summed E-state index contributed by atoms with van der Waals surface area (Å²) in [5, 5.41) is 3.21. The van der Waals surface area contributed by atoms with Gasteiger partial charge in [-0.1, -0.05) is 12.8 Å². The van der Waals surface area contributed by atoms with Crippen LogP contribution < -0.4 is 5.32 Å². The van der Waals surface area contributed by atoms with Crippen molar-refractivity contribution in [2.24, 2.45) is 11.8 Å². The normalized spacial score (nSPS) is 22.7. The van der Waals surface area contributed by atoms with E-state index in [1.807, 2.05) is 11.9 Å². The smallest absolute Gasteiger partial charge is 0.222 e. The van der Waals surface area contributed by atoms with Crippen molar-refractivity contribution in [1.82, 2.24) is 10.2 Å². The topological polar surface area (TPSA) is 32.3 Å². The van der Waals surface area contributed by atoms with Gasteiger partial charge in [-0.25, -0.2) is 0 Å². The molecule has 1 heterocycles. The highest BCUT2D eigenvalue weighted by Gasteiger charge is 2.24. The molecule has 1 amide bonds. The van der Waals surface area contributed by atoms with Crippen LogP contribution in [0.4, 0.5) is 0 Å². The second-order valence-electron chi connectivity index (χ2n) is 5.15. The number of nitrogens with one attached hydrogen (secondary N) is 1. The van der Waals surface area contributed by atoms with Gasteiger partial charge in [-0.05, 0) is 37.8 Å². The molecule has 2 aliphatic rings. The molecule has 2 rings (SSSR count). The molecular weight excluding hydrogens is 188 g/mol. The highest BCUT2D eigenvalue weighted by atomic mass is 16.2. The molecule has 0 unspecified atom stereocenters. The first kappa shape index (κ1) is 10.9. The lowest BCUT2D eigenvalue weighted by atomic mass is 9.98. The van der Waals surface area contributed by atoms with E-state index < -0.39 is 0 Å². The van der Waals surface area contributed by atoms with Crippen LogP contribution in [-0.2, 0) is 4.79 Å². The Morgan fingerprint density at radius 2 is 1.93 bits per heavy atom. The summed E-state index contributed by atoms with van der Waals surface area (Å²) in [5.74, 6) is 1.72. The number of rotatable bonds is 4. The summed E-state index contributed by atoms with van der Waals surface area (Å²) in [4.78, 5) is 13.8. The van der Waals surface area contributed by atoms with Crippen LogP contribution >= 0.6 is 0 Å². The minimum atomic E-state index is 0.341. The first-order valence-electron chi connectivity index (χ1n) is 6.20. The lowest BCUT2D eigenvalue weighted by Gasteiger charge is -2.29. The van der Waals surface area contributed by atoms with Crippen molar-refractivity contribution in [3.8, 4) is 0 Å². The summed E-state index contributed by atoms with van der Waals surface area (Å²) >= 11 is 0. The maximum atomic E-state index is 11.8. The van der Waals surface area contributed by atoms with Gasteiger partial charge in [-0.2, -0.15) is 0 Å². The lowest BCUT2D eigenvalue weighted by molar-refractivity contribution is -0.131. The number of hydrogen-bond acceptors (Lipinski definition) is 2. The second-order valence-corrected chi connectivity index (χ2v) is 5.15. The molecule has 1 saturated heterocycles. The molecule has 15 heavy (non-hydrogen) atoms. The van der Waals surface area contributed by atoms with Gasteiger partial charge in [0.25, 0.3) is 0 Å². The van der Waals surface area contributed by atoms with Crippen LogP contribution in [0.25, 0.3) is 0 Å². The minimum Gasteiger partial charge on any atom is -0.345 e. The van der Waals surface area contributed by atoms with Crippen molar-refractivity contribution in [3.05, 3.63) is 0 Å². The van der Waals surface area contributed by atoms with E-state index in [0.717, 1.165) is 32.0 Å². The van der Waals surface area contributed by atoms with Crippen molar-refractivity contribution in [3.63, 3.8) is 0 Å². The summed E-state index contributed by atoms with van der Waals surface area (Å²) in [7, 11) is 1.97. The molecule has 0 spiro atoms. The molecular formula is C12H22N2O. The molecule has 3 nitrogen and oxygen atoms in total. The van der Waals surface area contributed by atoms with Crippen LogP contribution in [-0.4, -0.2) is 37.5 Å². The Bertz CT molecular complexity index is 220. The largest absolute Gasteiger partial charge is 0.345 e. The quantitative estimate of drug-likeness (QED) is 0.757. The number of carbonyl (C=O) groups excluding carboxylic acids is 1. The van der Waals surface area contributed by atoms with E-state index in [0.29, 0.717) is 11.8 Å². The molecule has 1 saturated carbocycles. The number of amides is 1. The van der Waals surface area contributed by atoms with Gasteiger partial charge in [0, 0.05) is 20.0 Å². The molecule has 1 aliphatic carbocycles. The summed E-state index contributed by atoms with van der Waals surface area (Å²) in [6.07, 6.45) is 6.11. The third-order valence-corrected chi connectivity index (χ3v) is 3.76. The SMILES string of the molecule is CN(CC1CCCC1)C(=O)CC1CNC1. The number of nitrogens with zero attached hydrogens (tertiary/aromatic N) is 1. The van der Waals surface area contributed by atoms with Crippen LogP contribution in [0.1, 0.15) is 32.1 Å². The second kappa shape index (κ2) is 4.97. The number of carbonyl (C=O) groups is 1. The first-order chi connectivity index (χ1) is 7.25. The van der Waals surface area contributed by atoms with Crippen molar-refractivity contribution >= 4 is 5.91 Å². The van der Waals surface area contributed by atoms with E-state index in [-0.39, 0.29) is 0 Å². The molecule has 2 fully saturated rings. The lowest BCUT2D eigenvalue weighted by Crippen LogP contribution is -2.45. The zero-order valence-corrected chi connectivity index (χ0v) is 9.67. The summed E-state index contributed by atoms with van der Waals surface area (Å²) < 4.78 is 0. The van der Waals surface area contributed by atoms with E-state index in [2.05, 4.69) is 5.32 Å². The Labute approximate surface area is 92.2 Å².